The summed E-state index contributed by atoms with van der Waals surface area (Å²) in [5, 5.41) is 0.664. The van der Waals surface area contributed by atoms with Crippen molar-refractivity contribution in [2.24, 2.45) is 11.8 Å². The highest BCUT2D eigenvalue weighted by Gasteiger charge is 2.19. The number of benzene rings is 1. The second-order valence-electron chi connectivity index (χ2n) is 6.57. The van der Waals surface area contributed by atoms with Crippen LogP contribution in [-0.2, 0) is 6.54 Å². The molecule has 1 unspecified atom stereocenters. The third kappa shape index (κ3) is 3.55. The molecule has 2 heterocycles. The van der Waals surface area contributed by atoms with E-state index >= 15 is 0 Å². The summed E-state index contributed by atoms with van der Waals surface area (Å²) in [6.07, 6.45) is 4.06. The number of likely N-dealkylation sites (tertiary alicyclic amines) is 1. The number of nitrogens with two attached hydrogens (primary N) is 1. The predicted octanol–water partition coefficient (Wildman–Crippen LogP) is 4.14. The largest absolute Gasteiger partial charge is 0.375 e. The van der Waals surface area contributed by atoms with Crippen LogP contribution in [0.25, 0.3) is 10.2 Å². The molecule has 1 atom stereocenters. The molecule has 0 aliphatic carbocycles. The van der Waals surface area contributed by atoms with E-state index in [-0.39, 0.29) is 0 Å². The van der Waals surface area contributed by atoms with Crippen LogP contribution in [0.3, 0.4) is 0 Å². The first kappa shape index (κ1) is 14.8. The smallest absolute Gasteiger partial charge is 0.181 e. The number of thiazole rings is 1. The molecular formula is C17H25N3S. The second kappa shape index (κ2) is 6.32. The Morgan fingerprint density at radius 1 is 1.33 bits per heavy atom. The first-order valence-corrected chi connectivity index (χ1v) is 8.81. The van der Waals surface area contributed by atoms with Crippen molar-refractivity contribution in [1.29, 1.82) is 0 Å². The Balaban J connectivity index is 1.67. The molecule has 0 amide bonds. The van der Waals surface area contributed by atoms with Crippen molar-refractivity contribution in [3.8, 4) is 0 Å². The van der Waals surface area contributed by atoms with E-state index in [2.05, 4.69) is 41.9 Å². The molecule has 1 fully saturated rings. The molecular weight excluding hydrogens is 278 g/mol. The second-order valence-corrected chi connectivity index (χ2v) is 7.63. The zero-order chi connectivity index (χ0) is 14.8. The fraction of sp³-hybridized carbons (Fsp3) is 0.588. The Labute approximate surface area is 131 Å². The highest BCUT2D eigenvalue weighted by Crippen LogP contribution is 2.27. The first-order valence-electron chi connectivity index (χ1n) is 7.99. The van der Waals surface area contributed by atoms with Gasteiger partial charge in [-0.15, -0.1) is 0 Å². The van der Waals surface area contributed by atoms with E-state index in [4.69, 9.17) is 5.73 Å². The van der Waals surface area contributed by atoms with Crippen LogP contribution in [0.15, 0.2) is 18.2 Å². The molecule has 0 bridgehead atoms. The number of fused-ring (bicyclic) bond motifs is 1. The van der Waals surface area contributed by atoms with Gasteiger partial charge in [-0.1, -0.05) is 31.3 Å². The van der Waals surface area contributed by atoms with Crippen molar-refractivity contribution in [3.63, 3.8) is 0 Å². The fourth-order valence-corrected chi connectivity index (χ4v) is 4.15. The van der Waals surface area contributed by atoms with Gasteiger partial charge in [-0.05, 0) is 61.9 Å². The van der Waals surface area contributed by atoms with Crippen LogP contribution in [0.5, 0.6) is 0 Å². The first-order chi connectivity index (χ1) is 10.1. The number of hydrogen-bond acceptors (Lipinski definition) is 4. The fourth-order valence-electron chi connectivity index (χ4n) is 3.35. The normalized spacial score (nSPS) is 21.0. The van der Waals surface area contributed by atoms with Gasteiger partial charge in [-0.25, -0.2) is 4.98 Å². The summed E-state index contributed by atoms with van der Waals surface area (Å²) >= 11 is 1.58. The van der Waals surface area contributed by atoms with E-state index in [9.17, 15) is 0 Å². The Hall–Kier alpha value is -1.13. The SMILES string of the molecule is CC(C)C1CCCN(Cc2ccc3nc(N)sc3c2)CC1. The van der Waals surface area contributed by atoms with Crippen LogP contribution in [0, 0.1) is 11.8 Å². The monoisotopic (exact) mass is 303 g/mol. The van der Waals surface area contributed by atoms with E-state index in [0.29, 0.717) is 5.13 Å². The van der Waals surface area contributed by atoms with Crippen molar-refractivity contribution >= 4 is 26.7 Å². The number of nitrogen functional groups attached to an aromatic ring is 1. The van der Waals surface area contributed by atoms with Gasteiger partial charge in [0.2, 0.25) is 0 Å². The zero-order valence-corrected chi connectivity index (χ0v) is 13.8. The minimum absolute atomic E-state index is 0.664. The molecule has 21 heavy (non-hydrogen) atoms. The highest BCUT2D eigenvalue weighted by molar-refractivity contribution is 7.22. The molecule has 1 aliphatic heterocycles. The molecule has 1 aliphatic rings. The lowest BCUT2D eigenvalue weighted by molar-refractivity contribution is 0.265. The lowest BCUT2D eigenvalue weighted by Gasteiger charge is -2.21. The molecule has 114 valence electrons. The Bertz CT molecular complexity index is 605. The van der Waals surface area contributed by atoms with Crippen molar-refractivity contribution < 1.29 is 0 Å². The molecule has 3 rings (SSSR count). The summed E-state index contributed by atoms with van der Waals surface area (Å²) in [4.78, 5) is 6.93. The van der Waals surface area contributed by atoms with Crippen LogP contribution in [0.2, 0.25) is 0 Å². The number of aromatic nitrogens is 1. The van der Waals surface area contributed by atoms with Crippen LogP contribution in [0.1, 0.15) is 38.7 Å². The van der Waals surface area contributed by atoms with Gasteiger partial charge in [0.05, 0.1) is 10.2 Å². The van der Waals surface area contributed by atoms with E-state index in [0.717, 1.165) is 23.9 Å². The van der Waals surface area contributed by atoms with E-state index in [1.54, 1.807) is 11.3 Å². The molecule has 0 radical (unpaired) electrons. The molecule has 4 heteroatoms. The minimum Gasteiger partial charge on any atom is -0.375 e. The number of rotatable bonds is 3. The van der Waals surface area contributed by atoms with Gasteiger partial charge in [-0.3, -0.25) is 4.90 Å². The van der Waals surface area contributed by atoms with Gasteiger partial charge in [0.15, 0.2) is 5.13 Å². The van der Waals surface area contributed by atoms with Crippen LogP contribution in [-0.4, -0.2) is 23.0 Å². The Morgan fingerprint density at radius 2 is 2.19 bits per heavy atom. The Morgan fingerprint density at radius 3 is 3.00 bits per heavy atom. The van der Waals surface area contributed by atoms with Gasteiger partial charge in [0.1, 0.15) is 0 Å². The summed E-state index contributed by atoms with van der Waals surface area (Å²) in [7, 11) is 0. The van der Waals surface area contributed by atoms with Crippen molar-refractivity contribution in [2.45, 2.75) is 39.7 Å². The van der Waals surface area contributed by atoms with E-state index in [1.807, 2.05) is 0 Å². The maximum Gasteiger partial charge on any atom is 0.181 e. The third-order valence-corrected chi connectivity index (χ3v) is 5.53. The molecule has 0 spiro atoms. The quantitative estimate of drug-likeness (QED) is 0.926. The lowest BCUT2D eigenvalue weighted by Crippen LogP contribution is -2.24. The van der Waals surface area contributed by atoms with Gasteiger partial charge in [0, 0.05) is 6.54 Å². The van der Waals surface area contributed by atoms with Crippen LogP contribution in [0.4, 0.5) is 5.13 Å². The van der Waals surface area contributed by atoms with E-state index in [1.165, 1.54) is 42.6 Å². The van der Waals surface area contributed by atoms with Crippen molar-refractivity contribution in [2.75, 3.05) is 18.8 Å². The minimum atomic E-state index is 0.664. The van der Waals surface area contributed by atoms with E-state index < -0.39 is 0 Å². The van der Waals surface area contributed by atoms with Gasteiger partial charge < -0.3 is 5.73 Å². The number of nitrogens with zero attached hydrogens (tertiary/aromatic N) is 2. The molecule has 0 saturated carbocycles. The summed E-state index contributed by atoms with van der Waals surface area (Å²) < 4.78 is 1.21. The molecule has 1 aromatic carbocycles. The van der Waals surface area contributed by atoms with Gasteiger partial charge in [0.25, 0.3) is 0 Å². The average molecular weight is 303 g/mol. The standard InChI is InChI=1S/C17H25N3S/c1-12(2)14-4-3-8-20(9-7-14)11-13-5-6-15-16(10-13)21-17(18)19-15/h5-6,10,12,14H,3-4,7-9,11H2,1-2H3,(H2,18,19). The molecule has 3 nitrogen and oxygen atoms in total. The summed E-state index contributed by atoms with van der Waals surface area (Å²) in [6, 6.07) is 6.56. The summed E-state index contributed by atoms with van der Waals surface area (Å²) in [5.41, 5.74) is 8.19. The molecule has 2 aromatic rings. The average Bonchev–Trinajstić information content (AvgIpc) is 2.65. The number of hydrogen-bond donors (Lipinski definition) is 1. The summed E-state index contributed by atoms with van der Waals surface area (Å²) in [5.74, 6) is 1.72. The number of anilines is 1. The van der Waals surface area contributed by atoms with Crippen LogP contribution < -0.4 is 5.73 Å². The van der Waals surface area contributed by atoms with Crippen LogP contribution >= 0.6 is 11.3 Å². The van der Waals surface area contributed by atoms with Crippen molar-refractivity contribution in [1.82, 2.24) is 9.88 Å². The Kier molecular flexibility index (Phi) is 4.45. The summed E-state index contributed by atoms with van der Waals surface area (Å²) in [6.45, 7) is 8.24. The molecule has 2 N–H and O–H groups in total. The molecule has 1 saturated heterocycles. The third-order valence-electron chi connectivity index (χ3n) is 4.68. The maximum absolute atomic E-state index is 5.79. The van der Waals surface area contributed by atoms with Gasteiger partial charge in [-0.2, -0.15) is 0 Å². The lowest BCUT2D eigenvalue weighted by atomic mass is 9.89. The maximum atomic E-state index is 5.79. The topological polar surface area (TPSA) is 42.2 Å². The zero-order valence-electron chi connectivity index (χ0n) is 13.0. The molecule has 1 aromatic heterocycles. The van der Waals surface area contributed by atoms with Crippen molar-refractivity contribution in [3.05, 3.63) is 23.8 Å². The highest BCUT2D eigenvalue weighted by atomic mass is 32.1. The van der Waals surface area contributed by atoms with Gasteiger partial charge >= 0.3 is 0 Å². The predicted molar refractivity (Wildman–Crippen MR) is 91.5 cm³/mol.